The maximum absolute atomic E-state index is 13.3. The molecule has 0 aliphatic heterocycles. The lowest BCUT2D eigenvalue weighted by Crippen LogP contribution is -2.20. The van der Waals surface area contributed by atoms with Crippen molar-refractivity contribution in [3.05, 3.63) is 35.6 Å². The Bertz CT molecular complexity index is 297. The molecule has 0 saturated heterocycles. The predicted molar refractivity (Wildman–Crippen MR) is 53.6 cm³/mol. The number of hydrogen-bond donors (Lipinski definition) is 1. The molecule has 2 rings (SSSR count). The zero-order valence-electron chi connectivity index (χ0n) is 7.29. The quantitative estimate of drug-likeness (QED) is 0.781. The third-order valence-electron chi connectivity index (χ3n) is 2.69. The fraction of sp³-hybridized carbons (Fsp3) is 0.400. The molecule has 2 N–H and O–H groups in total. The Hall–Kier alpha value is -0.600. The number of halogens is 2. The first-order valence-corrected chi connectivity index (χ1v) is 4.24. The van der Waals surface area contributed by atoms with E-state index >= 15 is 0 Å². The molecule has 1 aliphatic carbocycles. The first-order chi connectivity index (χ1) is 5.78. The summed E-state index contributed by atoms with van der Waals surface area (Å²) < 4.78 is 13.3. The van der Waals surface area contributed by atoms with Crippen LogP contribution in [-0.2, 0) is 5.41 Å². The van der Waals surface area contributed by atoms with Gasteiger partial charge in [-0.05, 0) is 24.5 Å². The van der Waals surface area contributed by atoms with Crippen LogP contribution >= 0.6 is 12.4 Å². The maximum Gasteiger partial charge on any atom is 0.127 e. The molecular formula is C10H13ClFN. The maximum atomic E-state index is 13.3. The summed E-state index contributed by atoms with van der Waals surface area (Å²) in [6.07, 6.45) is 2.06. The Balaban J connectivity index is 0.000000845. The Kier molecular flexibility index (Phi) is 2.94. The van der Waals surface area contributed by atoms with Gasteiger partial charge in [0.1, 0.15) is 5.82 Å². The van der Waals surface area contributed by atoms with Gasteiger partial charge in [0.05, 0.1) is 0 Å². The van der Waals surface area contributed by atoms with Crippen LogP contribution in [-0.4, -0.2) is 6.54 Å². The fourth-order valence-corrected chi connectivity index (χ4v) is 1.63. The lowest BCUT2D eigenvalue weighted by molar-refractivity contribution is 0.573. The van der Waals surface area contributed by atoms with Crippen molar-refractivity contribution in [2.75, 3.05) is 6.54 Å². The molecule has 72 valence electrons. The van der Waals surface area contributed by atoms with Crippen molar-refractivity contribution in [3.63, 3.8) is 0 Å². The molecule has 0 heterocycles. The summed E-state index contributed by atoms with van der Waals surface area (Å²) in [5.74, 6) is -0.111. The summed E-state index contributed by atoms with van der Waals surface area (Å²) in [5, 5.41) is 0. The van der Waals surface area contributed by atoms with E-state index in [1.54, 1.807) is 6.07 Å². The summed E-state index contributed by atoms with van der Waals surface area (Å²) in [7, 11) is 0. The van der Waals surface area contributed by atoms with Crippen molar-refractivity contribution in [1.29, 1.82) is 0 Å². The minimum atomic E-state index is -0.111. The molecule has 0 bridgehead atoms. The molecule has 0 unspecified atom stereocenters. The topological polar surface area (TPSA) is 26.0 Å². The number of nitrogens with two attached hydrogens (primary N) is 1. The van der Waals surface area contributed by atoms with Gasteiger partial charge in [-0.1, -0.05) is 18.2 Å². The average molecular weight is 202 g/mol. The van der Waals surface area contributed by atoms with E-state index in [-0.39, 0.29) is 23.6 Å². The van der Waals surface area contributed by atoms with Crippen LogP contribution in [0.4, 0.5) is 4.39 Å². The second-order valence-corrected chi connectivity index (χ2v) is 3.46. The summed E-state index contributed by atoms with van der Waals surface area (Å²) in [6, 6.07) is 6.93. The number of benzene rings is 1. The molecular weight excluding hydrogens is 189 g/mol. The molecule has 0 aromatic heterocycles. The van der Waals surface area contributed by atoms with Crippen LogP contribution in [0.5, 0.6) is 0 Å². The first kappa shape index (κ1) is 10.5. The molecule has 0 amide bonds. The SMILES string of the molecule is Cl.NCC1(c2ccccc2F)CC1. The van der Waals surface area contributed by atoms with E-state index in [4.69, 9.17) is 5.73 Å². The van der Waals surface area contributed by atoms with Gasteiger partial charge in [0.15, 0.2) is 0 Å². The van der Waals surface area contributed by atoms with Crippen molar-refractivity contribution in [2.45, 2.75) is 18.3 Å². The smallest absolute Gasteiger partial charge is 0.127 e. The normalized spacial score (nSPS) is 17.7. The Labute approximate surface area is 83.5 Å². The Morgan fingerprint density at radius 2 is 1.92 bits per heavy atom. The highest BCUT2D eigenvalue weighted by Gasteiger charge is 2.44. The van der Waals surface area contributed by atoms with Crippen LogP contribution < -0.4 is 5.73 Å². The van der Waals surface area contributed by atoms with Crippen LogP contribution in [0.3, 0.4) is 0 Å². The van der Waals surface area contributed by atoms with Crippen molar-refractivity contribution in [1.82, 2.24) is 0 Å². The average Bonchev–Trinajstić information content (AvgIpc) is 2.86. The van der Waals surface area contributed by atoms with Crippen molar-refractivity contribution >= 4 is 12.4 Å². The lowest BCUT2D eigenvalue weighted by Gasteiger charge is -2.12. The molecule has 1 nitrogen and oxygen atoms in total. The Morgan fingerprint density at radius 1 is 1.31 bits per heavy atom. The second kappa shape index (κ2) is 3.64. The van der Waals surface area contributed by atoms with Gasteiger partial charge in [-0.2, -0.15) is 0 Å². The summed E-state index contributed by atoms with van der Waals surface area (Å²) in [6.45, 7) is 0.563. The predicted octanol–water partition coefficient (Wildman–Crippen LogP) is 2.24. The zero-order chi connectivity index (χ0) is 8.60. The van der Waals surface area contributed by atoms with Gasteiger partial charge in [-0.25, -0.2) is 4.39 Å². The van der Waals surface area contributed by atoms with Crippen LogP contribution in [0.1, 0.15) is 18.4 Å². The lowest BCUT2D eigenvalue weighted by atomic mass is 9.96. The molecule has 3 heteroatoms. The van der Waals surface area contributed by atoms with E-state index in [0.29, 0.717) is 6.54 Å². The minimum absolute atomic E-state index is 0. The van der Waals surface area contributed by atoms with E-state index in [2.05, 4.69) is 0 Å². The van der Waals surface area contributed by atoms with E-state index in [1.165, 1.54) is 6.07 Å². The molecule has 1 aromatic rings. The molecule has 0 atom stereocenters. The summed E-state index contributed by atoms with van der Waals surface area (Å²) in [4.78, 5) is 0. The van der Waals surface area contributed by atoms with Crippen LogP contribution in [0, 0.1) is 5.82 Å². The van der Waals surface area contributed by atoms with E-state index in [0.717, 1.165) is 18.4 Å². The van der Waals surface area contributed by atoms with E-state index in [9.17, 15) is 4.39 Å². The fourth-order valence-electron chi connectivity index (χ4n) is 1.63. The highest BCUT2D eigenvalue weighted by molar-refractivity contribution is 5.85. The standard InChI is InChI=1S/C10H12FN.ClH/c11-9-4-2-1-3-8(9)10(7-12)5-6-10;/h1-4H,5-7,12H2;1H. The van der Waals surface area contributed by atoms with Crippen LogP contribution in [0.25, 0.3) is 0 Å². The van der Waals surface area contributed by atoms with E-state index < -0.39 is 0 Å². The summed E-state index contributed by atoms with van der Waals surface area (Å²) >= 11 is 0. The van der Waals surface area contributed by atoms with E-state index in [1.807, 2.05) is 12.1 Å². The van der Waals surface area contributed by atoms with Crippen molar-refractivity contribution in [2.24, 2.45) is 5.73 Å². The third kappa shape index (κ3) is 1.69. The summed E-state index contributed by atoms with van der Waals surface area (Å²) in [5.41, 5.74) is 6.38. The van der Waals surface area contributed by atoms with Crippen LogP contribution in [0.2, 0.25) is 0 Å². The monoisotopic (exact) mass is 201 g/mol. The molecule has 1 fully saturated rings. The molecule has 1 aromatic carbocycles. The highest BCUT2D eigenvalue weighted by Crippen LogP contribution is 2.47. The van der Waals surface area contributed by atoms with Gasteiger partial charge in [-0.15, -0.1) is 12.4 Å². The minimum Gasteiger partial charge on any atom is -0.330 e. The highest BCUT2D eigenvalue weighted by atomic mass is 35.5. The van der Waals surface area contributed by atoms with Crippen molar-refractivity contribution in [3.8, 4) is 0 Å². The molecule has 0 spiro atoms. The molecule has 1 saturated carbocycles. The Morgan fingerprint density at radius 3 is 2.38 bits per heavy atom. The largest absolute Gasteiger partial charge is 0.330 e. The zero-order valence-corrected chi connectivity index (χ0v) is 8.11. The molecule has 1 aliphatic rings. The number of rotatable bonds is 2. The second-order valence-electron chi connectivity index (χ2n) is 3.46. The van der Waals surface area contributed by atoms with Crippen LogP contribution in [0.15, 0.2) is 24.3 Å². The number of hydrogen-bond acceptors (Lipinski definition) is 1. The third-order valence-corrected chi connectivity index (χ3v) is 2.69. The first-order valence-electron chi connectivity index (χ1n) is 4.24. The van der Waals surface area contributed by atoms with Gasteiger partial charge in [0.2, 0.25) is 0 Å². The van der Waals surface area contributed by atoms with Crippen molar-refractivity contribution < 1.29 is 4.39 Å². The van der Waals surface area contributed by atoms with Gasteiger partial charge in [0.25, 0.3) is 0 Å². The van der Waals surface area contributed by atoms with Gasteiger partial charge in [-0.3, -0.25) is 0 Å². The van der Waals surface area contributed by atoms with Gasteiger partial charge < -0.3 is 5.73 Å². The van der Waals surface area contributed by atoms with Gasteiger partial charge in [0, 0.05) is 12.0 Å². The molecule has 13 heavy (non-hydrogen) atoms. The molecule has 0 radical (unpaired) electrons. The van der Waals surface area contributed by atoms with Gasteiger partial charge >= 0.3 is 0 Å².